The molecule has 29 heavy (non-hydrogen) atoms. The third-order valence-corrected chi connectivity index (χ3v) is 4.33. The van der Waals surface area contributed by atoms with Crippen molar-refractivity contribution in [1.29, 1.82) is 0 Å². The first-order chi connectivity index (χ1) is 13.4. The van der Waals surface area contributed by atoms with Crippen molar-refractivity contribution in [2.45, 2.75) is 38.9 Å². The molecule has 1 unspecified atom stereocenters. The average molecular weight is 408 g/mol. The number of ether oxygens (including phenoxy) is 1. The monoisotopic (exact) mass is 408 g/mol. The lowest BCUT2D eigenvalue weighted by Crippen LogP contribution is -2.40. The summed E-state index contributed by atoms with van der Waals surface area (Å²) in [6.07, 6.45) is 0.147. The van der Waals surface area contributed by atoms with Gasteiger partial charge in [-0.3, -0.25) is 9.67 Å². The van der Waals surface area contributed by atoms with Crippen molar-refractivity contribution in [3.05, 3.63) is 53.4 Å². The van der Waals surface area contributed by atoms with Gasteiger partial charge < -0.3 is 14.7 Å². The second-order valence-electron chi connectivity index (χ2n) is 7.58. The van der Waals surface area contributed by atoms with Crippen LogP contribution in [0.3, 0.4) is 0 Å². The molecule has 1 aromatic carbocycles. The predicted octanol–water partition coefficient (Wildman–Crippen LogP) is 3.82. The van der Waals surface area contributed by atoms with Gasteiger partial charge in [-0.25, -0.2) is 0 Å². The Morgan fingerprint density at radius 2 is 1.83 bits per heavy atom. The molecule has 0 saturated carbocycles. The zero-order valence-electron chi connectivity index (χ0n) is 16.6. The SMILES string of the molecule is Cc1nn(C)cc1C1N=CC=C(c2ccc(OC(F)(F)F)cc2)N1CC(C)(C)O. The van der Waals surface area contributed by atoms with E-state index in [-0.39, 0.29) is 12.3 Å². The lowest BCUT2D eigenvalue weighted by molar-refractivity contribution is -0.274. The van der Waals surface area contributed by atoms with Crippen LogP contribution in [-0.2, 0) is 7.05 Å². The van der Waals surface area contributed by atoms with Gasteiger partial charge in [-0.05, 0) is 56.7 Å². The van der Waals surface area contributed by atoms with E-state index < -0.39 is 18.1 Å². The Bertz CT molecular complexity index is 925. The fraction of sp³-hybridized carbons (Fsp3) is 0.400. The number of benzene rings is 1. The largest absolute Gasteiger partial charge is 0.573 e. The number of aryl methyl sites for hydroxylation is 2. The van der Waals surface area contributed by atoms with Gasteiger partial charge in [-0.2, -0.15) is 5.10 Å². The number of hydrogen-bond acceptors (Lipinski definition) is 5. The normalized spacial score (nSPS) is 17.4. The molecule has 1 N–H and O–H groups in total. The van der Waals surface area contributed by atoms with Crippen molar-refractivity contribution < 1.29 is 23.0 Å². The summed E-state index contributed by atoms with van der Waals surface area (Å²) in [7, 11) is 1.82. The maximum absolute atomic E-state index is 12.4. The molecule has 0 fully saturated rings. The molecule has 1 atom stereocenters. The molecule has 156 valence electrons. The van der Waals surface area contributed by atoms with Crippen LogP contribution in [0, 0.1) is 6.92 Å². The second kappa shape index (κ2) is 7.55. The first-order valence-electron chi connectivity index (χ1n) is 9.02. The molecule has 3 rings (SSSR count). The second-order valence-corrected chi connectivity index (χ2v) is 7.58. The van der Waals surface area contributed by atoms with Gasteiger partial charge in [0, 0.05) is 37.3 Å². The molecule has 1 aromatic heterocycles. The van der Waals surface area contributed by atoms with Gasteiger partial charge in [0.25, 0.3) is 0 Å². The number of hydrogen-bond donors (Lipinski definition) is 1. The van der Waals surface area contributed by atoms with Crippen LogP contribution < -0.4 is 4.74 Å². The number of allylic oxidation sites excluding steroid dienone is 1. The van der Waals surface area contributed by atoms with Crippen molar-refractivity contribution in [3.8, 4) is 5.75 Å². The summed E-state index contributed by atoms with van der Waals surface area (Å²) in [4.78, 5) is 6.49. The number of alkyl halides is 3. The Morgan fingerprint density at radius 1 is 1.17 bits per heavy atom. The Labute approximate surface area is 166 Å². The fourth-order valence-corrected chi connectivity index (χ4v) is 3.30. The zero-order chi connectivity index (χ0) is 21.4. The quantitative estimate of drug-likeness (QED) is 0.817. The van der Waals surface area contributed by atoms with Crippen molar-refractivity contribution in [1.82, 2.24) is 14.7 Å². The Hall–Kier alpha value is -2.81. The minimum atomic E-state index is -4.74. The molecule has 0 radical (unpaired) electrons. The summed E-state index contributed by atoms with van der Waals surface area (Å²) in [6, 6.07) is 5.64. The van der Waals surface area contributed by atoms with E-state index in [0.29, 0.717) is 5.56 Å². The minimum Gasteiger partial charge on any atom is -0.406 e. The van der Waals surface area contributed by atoms with E-state index in [9.17, 15) is 18.3 Å². The van der Waals surface area contributed by atoms with Crippen LogP contribution in [-0.4, -0.2) is 44.5 Å². The molecular weight excluding hydrogens is 385 g/mol. The highest BCUT2D eigenvalue weighted by Gasteiger charge is 2.33. The number of nitrogens with zero attached hydrogens (tertiary/aromatic N) is 4. The Morgan fingerprint density at radius 3 is 2.34 bits per heavy atom. The van der Waals surface area contributed by atoms with Gasteiger partial charge in [-0.15, -0.1) is 13.2 Å². The van der Waals surface area contributed by atoms with Crippen LogP contribution in [0.2, 0.25) is 0 Å². The average Bonchev–Trinajstić information content (AvgIpc) is 2.91. The molecule has 0 spiro atoms. The van der Waals surface area contributed by atoms with E-state index in [1.165, 1.54) is 12.1 Å². The number of β-amino-alcohol motifs (C(OH)–C–C–N with tert-alkyl or cyclic N) is 1. The standard InChI is InChI=1S/C20H23F3N4O2/c1-13-16(11-26(4)25-13)18-24-10-9-17(27(18)12-19(2,3)28)14-5-7-15(8-6-14)29-20(21,22)23/h5-11,18,28H,12H2,1-4H3. The van der Waals surface area contributed by atoms with Crippen LogP contribution in [0.1, 0.15) is 36.8 Å². The van der Waals surface area contributed by atoms with E-state index in [2.05, 4.69) is 14.8 Å². The minimum absolute atomic E-state index is 0.260. The van der Waals surface area contributed by atoms with Crippen molar-refractivity contribution in [2.75, 3.05) is 6.54 Å². The number of rotatable bonds is 5. The van der Waals surface area contributed by atoms with Gasteiger partial charge >= 0.3 is 6.36 Å². The maximum atomic E-state index is 12.4. The van der Waals surface area contributed by atoms with Crippen LogP contribution >= 0.6 is 0 Å². The summed E-state index contributed by atoms with van der Waals surface area (Å²) in [5, 5.41) is 14.8. The fourth-order valence-electron chi connectivity index (χ4n) is 3.30. The van der Waals surface area contributed by atoms with Gasteiger partial charge in [0.15, 0.2) is 6.17 Å². The van der Waals surface area contributed by atoms with E-state index in [0.717, 1.165) is 17.0 Å². The van der Waals surface area contributed by atoms with Crippen LogP contribution in [0.15, 0.2) is 41.5 Å². The zero-order valence-corrected chi connectivity index (χ0v) is 16.6. The van der Waals surface area contributed by atoms with Crippen molar-refractivity contribution in [3.63, 3.8) is 0 Å². The third-order valence-electron chi connectivity index (χ3n) is 4.33. The van der Waals surface area contributed by atoms with Gasteiger partial charge in [0.2, 0.25) is 0 Å². The molecule has 0 aliphatic carbocycles. The highest BCUT2D eigenvalue weighted by molar-refractivity contribution is 5.86. The lowest BCUT2D eigenvalue weighted by Gasteiger charge is -2.38. The summed E-state index contributed by atoms with van der Waals surface area (Å²) >= 11 is 0. The first-order valence-corrected chi connectivity index (χ1v) is 9.02. The van der Waals surface area contributed by atoms with Gasteiger partial charge in [-0.1, -0.05) is 0 Å². The molecule has 1 aliphatic rings. The topological polar surface area (TPSA) is 62.9 Å². The van der Waals surface area contributed by atoms with Gasteiger partial charge in [0.1, 0.15) is 5.75 Å². The summed E-state index contributed by atoms with van der Waals surface area (Å²) in [6.45, 7) is 5.52. The van der Waals surface area contributed by atoms with E-state index in [4.69, 9.17) is 0 Å². The smallest absolute Gasteiger partial charge is 0.406 e. The van der Waals surface area contributed by atoms with Crippen LogP contribution in [0.4, 0.5) is 13.2 Å². The number of aliphatic imine (C=N–C) groups is 1. The van der Waals surface area contributed by atoms with E-state index in [1.807, 2.05) is 25.1 Å². The molecule has 0 saturated heterocycles. The molecule has 1 aliphatic heterocycles. The van der Waals surface area contributed by atoms with Crippen molar-refractivity contribution in [2.24, 2.45) is 12.0 Å². The molecule has 2 heterocycles. The van der Waals surface area contributed by atoms with E-state index >= 15 is 0 Å². The van der Waals surface area contributed by atoms with Crippen LogP contribution in [0.25, 0.3) is 5.70 Å². The molecule has 9 heteroatoms. The molecule has 6 nitrogen and oxygen atoms in total. The summed E-state index contributed by atoms with van der Waals surface area (Å²) < 4.78 is 42.9. The maximum Gasteiger partial charge on any atom is 0.573 e. The van der Waals surface area contributed by atoms with Crippen LogP contribution in [0.5, 0.6) is 5.75 Å². The number of aliphatic hydroxyl groups is 1. The predicted molar refractivity (Wildman–Crippen MR) is 103 cm³/mol. The lowest BCUT2D eigenvalue weighted by atomic mass is 10.0. The van der Waals surface area contributed by atoms with Gasteiger partial charge in [0.05, 0.1) is 11.3 Å². The highest BCUT2D eigenvalue weighted by Crippen LogP contribution is 2.36. The Balaban J connectivity index is 1.96. The molecular formula is C20H23F3N4O2. The highest BCUT2D eigenvalue weighted by atomic mass is 19.4. The molecule has 0 amide bonds. The Kier molecular flexibility index (Phi) is 5.44. The molecule has 2 aromatic rings. The summed E-state index contributed by atoms with van der Waals surface area (Å²) in [5.41, 5.74) is 2.08. The van der Waals surface area contributed by atoms with E-state index in [1.54, 1.807) is 43.0 Å². The summed E-state index contributed by atoms with van der Waals surface area (Å²) in [5.74, 6) is -0.292. The van der Waals surface area contributed by atoms with Crippen molar-refractivity contribution >= 4 is 11.9 Å². The molecule has 0 bridgehead atoms. The number of aromatic nitrogens is 2. The third kappa shape index (κ3) is 5.17. The first kappa shape index (κ1) is 20.9. The number of halogens is 3.